The van der Waals surface area contributed by atoms with Gasteiger partial charge in [-0.05, 0) is 23.8 Å². The molecule has 0 unspecified atom stereocenters. The van der Waals surface area contributed by atoms with Crippen molar-refractivity contribution >= 4 is 5.78 Å². The van der Waals surface area contributed by atoms with Gasteiger partial charge in [0.2, 0.25) is 0 Å². The van der Waals surface area contributed by atoms with Crippen LogP contribution in [0.3, 0.4) is 0 Å². The molecule has 0 spiro atoms. The van der Waals surface area contributed by atoms with E-state index in [0.717, 1.165) is 6.42 Å². The second kappa shape index (κ2) is 3.21. The minimum Gasteiger partial charge on any atom is -0.295 e. The van der Waals surface area contributed by atoms with E-state index in [-0.39, 0.29) is 5.78 Å². The fourth-order valence-electron chi connectivity index (χ4n) is 1.81. The Morgan fingerprint density at radius 1 is 1.55 bits per heavy atom. The number of hydrogen-bond acceptors (Lipinski definition) is 1. The molecule has 0 aromatic carbocycles. The summed E-state index contributed by atoms with van der Waals surface area (Å²) in [5.74, 6) is 2.09. The molecule has 0 saturated carbocycles. The van der Waals surface area contributed by atoms with Gasteiger partial charge in [0.05, 0.1) is 0 Å². The van der Waals surface area contributed by atoms with Gasteiger partial charge in [0, 0.05) is 6.42 Å². The van der Waals surface area contributed by atoms with Crippen molar-refractivity contribution in [1.82, 2.24) is 0 Å². The van der Waals surface area contributed by atoms with Gasteiger partial charge in [0.25, 0.3) is 0 Å². The first-order valence-electron chi connectivity index (χ1n) is 4.32. The number of rotatable bonds is 1. The Hall–Kier alpha value is -0.590. The summed E-state index contributed by atoms with van der Waals surface area (Å²) in [7, 11) is 0. The van der Waals surface area contributed by atoms with E-state index in [1.165, 1.54) is 0 Å². The Morgan fingerprint density at radius 3 is 2.64 bits per heavy atom. The highest BCUT2D eigenvalue weighted by Gasteiger charge is 2.23. The molecule has 0 saturated heterocycles. The average Bonchev–Trinajstić information content (AvgIpc) is 1.85. The van der Waals surface area contributed by atoms with Gasteiger partial charge < -0.3 is 0 Å². The summed E-state index contributed by atoms with van der Waals surface area (Å²) in [6.07, 6.45) is 4.55. The van der Waals surface area contributed by atoms with Gasteiger partial charge in [-0.2, -0.15) is 0 Å². The number of carbonyl (C=O) groups is 1. The standard InChI is InChI=1S/C10H16O/c1-7(2)10-5-4-9(11)6-8(10)3/h4-5,7-8,10H,6H2,1-3H3/t8-,10+/m1/s1. The maximum absolute atomic E-state index is 11.0. The molecule has 0 amide bonds. The molecule has 1 aliphatic rings. The maximum atomic E-state index is 11.0. The molecule has 0 radical (unpaired) electrons. The fraction of sp³-hybridized carbons (Fsp3) is 0.700. The Kier molecular flexibility index (Phi) is 2.48. The first-order valence-corrected chi connectivity index (χ1v) is 4.32. The molecular weight excluding hydrogens is 136 g/mol. The van der Waals surface area contributed by atoms with Crippen molar-refractivity contribution in [3.8, 4) is 0 Å². The van der Waals surface area contributed by atoms with E-state index in [2.05, 4.69) is 26.8 Å². The van der Waals surface area contributed by atoms with Gasteiger partial charge in [-0.15, -0.1) is 0 Å². The molecule has 1 aliphatic carbocycles. The zero-order valence-corrected chi connectivity index (χ0v) is 7.50. The third-order valence-electron chi connectivity index (χ3n) is 2.45. The minimum atomic E-state index is 0.286. The van der Waals surface area contributed by atoms with Crippen molar-refractivity contribution in [1.29, 1.82) is 0 Å². The van der Waals surface area contributed by atoms with Crippen LogP contribution in [-0.4, -0.2) is 5.78 Å². The number of hydrogen-bond donors (Lipinski definition) is 0. The molecule has 1 rings (SSSR count). The van der Waals surface area contributed by atoms with Crippen LogP contribution >= 0.6 is 0 Å². The summed E-state index contributed by atoms with van der Waals surface area (Å²) in [5, 5.41) is 0. The zero-order valence-electron chi connectivity index (χ0n) is 7.50. The first kappa shape index (κ1) is 8.51. The SMILES string of the molecule is CC(C)[C@@H]1C=CC(=O)C[C@H]1C. The number of ketones is 1. The Morgan fingerprint density at radius 2 is 2.18 bits per heavy atom. The van der Waals surface area contributed by atoms with Crippen LogP contribution in [0.5, 0.6) is 0 Å². The molecular formula is C10H16O. The van der Waals surface area contributed by atoms with Crippen molar-refractivity contribution in [3.05, 3.63) is 12.2 Å². The average molecular weight is 152 g/mol. The van der Waals surface area contributed by atoms with Crippen LogP contribution in [0.1, 0.15) is 27.2 Å². The largest absolute Gasteiger partial charge is 0.295 e. The molecule has 0 N–H and O–H groups in total. The van der Waals surface area contributed by atoms with Crippen LogP contribution in [0.15, 0.2) is 12.2 Å². The van der Waals surface area contributed by atoms with Crippen molar-refractivity contribution < 1.29 is 4.79 Å². The summed E-state index contributed by atoms with van der Waals surface area (Å²) < 4.78 is 0. The van der Waals surface area contributed by atoms with Gasteiger partial charge in [-0.1, -0.05) is 26.8 Å². The topological polar surface area (TPSA) is 17.1 Å². The smallest absolute Gasteiger partial charge is 0.155 e. The summed E-state index contributed by atoms with van der Waals surface area (Å²) in [4.78, 5) is 11.0. The minimum absolute atomic E-state index is 0.286. The molecule has 62 valence electrons. The third-order valence-corrected chi connectivity index (χ3v) is 2.45. The van der Waals surface area contributed by atoms with Gasteiger partial charge in [-0.25, -0.2) is 0 Å². The molecule has 0 aliphatic heterocycles. The fourth-order valence-corrected chi connectivity index (χ4v) is 1.81. The van der Waals surface area contributed by atoms with Gasteiger partial charge >= 0.3 is 0 Å². The summed E-state index contributed by atoms with van der Waals surface area (Å²) in [6.45, 7) is 6.58. The normalized spacial score (nSPS) is 31.5. The molecule has 0 heterocycles. The van der Waals surface area contributed by atoms with Crippen LogP contribution in [-0.2, 0) is 4.79 Å². The van der Waals surface area contributed by atoms with E-state index in [0.29, 0.717) is 17.8 Å². The quantitative estimate of drug-likeness (QED) is 0.564. The van der Waals surface area contributed by atoms with Crippen LogP contribution < -0.4 is 0 Å². The molecule has 11 heavy (non-hydrogen) atoms. The molecule has 1 heteroatoms. The monoisotopic (exact) mass is 152 g/mol. The highest BCUT2D eigenvalue weighted by atomic mass is 16.1. The highest BCUT2D eigenvalue weighted by Crippen LogP contribution is 2.28. The maximum Gasteiger partial charge on any atom is 0.155 e. The molecule has 0 bridgehead atoms. The van der Waals surface area contributed by atoms with E-state index < -0.39 is 0 Å². The third kappa shape index (κ3) is 1.92. The summed E-state index contributed by atoms with van der Waals surface area (Å²) >= 11 is 0. The van der Waals surface area contributed by atoms with E-state index >= 15 is 0 Å². The molecule has 0 fully saturated rings. The predicted molar refractivity (Wildman–Crippen MR) is 46.3 cm³/mol. The lowest BCUT2D eigenvalue weighted by Gasteiger charge is -2.26. The number of carbonyl (C=O) groups excluding carboxylic acids is 1. The van der Waals surface area contributed by atoms with Crippen LogP contribution in [0.25, 0.3) is 0 Å². The molecule has 0 aromatic heterocycles. The zero-order chi connectivity index (χ0) is 8.43. The second-order valence-corrected chi connectivity index (χ2v) is 3.83. The highest BCUT2D eigenvalue weighted by molar-refractivity contribution is 5.90. The summed E-state index contributed by atoms with van der Waals surface area (Å²) in [5.41, 5.74) is 0. The van der Waals surface area contributed by atoms with E-state index in [1.807, 2.05) is 0 Å². The van der Waals surface area contributed by atoms with Crippen molar-refractivity contribution in [3.63, 3.8) is 0 Å². The van der Waals surface area contributed by atoms with Crippen molar-refractivity contribution in [2.45, 2.75) is 27.2 Å². The second-order valence-electron chi connectivity index (χ2n) is 3.83. The van der Waals surface area contributed by atoms with E-state index in [9.17, 15) is 4.79 Å². The van der Waals surface area contributed by atoms with Crippen LogP contribution in [0.2, 0.25) is 0 Å². The molecule has 1 nitrogen and oxygen atoms in total. The van der Waals surface area contributed by atoms with Gasteiger partial charge in [-0.3, -0.25) is 4.79 Å². The van der Waals surface area contributed by atoms with Crippen LogP contribution in [0, 0.1) is 17.8 Å². The number of allylic oxidation sites excluding steroid dienone is 2. The lowest BCUT2D eigenvalue weighted by molar-refractivity contribution is -0.116. The Labute approximate surface area is 68.5 Å². The Bertz CT molecular complexity index is 179. The molecule has 2 atom stereocenters. The predicted octanol–water partition coefficient (Wildman–Crippen LogP) is 2.42. The van der Waals surface area contributed by atoms with Gasteiger partial charge in [0.15, 0.2) is 5.78 Å². The van der Waals surface area contributed by atoms with Crippen molar-refractivity contribution in [2.24, 2.45) is 17.8 Å². The summed E-state index contributed by atoms with van der Waals surface area (Å²) in [6, 6.07) is 0. The van der Waals surface area contributed by atoms with E-state index in [4.69, 9.17) is 0 Å². The molecule has 0 aromatic rings. The lowest BCUT2D eigenvalue weighted by atomic mass is 9.78. The van der Waals surface area contributed by atoms with Crippen LogP contribution in [0.4, 0.5) is 0 Å². The first-order chi connectivity index (χ1) is 5.11. The van der Waals surface area contributed by atoms with Crippen molar-refractivity contribution in [2.75, 3.05) is 0 Å². The lowest BCUT2D eigenvalue weighted by Crippen LogP contribution is -2.22. The van der Waals surface area contributed by atoms with E-state index in [1.54, 1.807) is 6.08 Å². The van der Waals surface area contributed by atoms with Gasteiger partial charge in [0.1, 0.15) is 0 Å². The Balaban J connectivity index is 2.68.